The molecule has 0 fully saturated rings. The van der Waals surface area contributed by atoms with Gasteiger partial charge in [-0.1, -0.05) is 261 Å². The third-order valence-electron chi connectivity index (χ3n) is 18.9. The maximum absolute atomic E-state index is 5.18. The standard InChI is InChI=1S/2C45H28N4S/c1-3-13-29(14-4-1)30-23-25-32(26-24-30)44-46-43(31-15-5-2-6-16-31)47-45(48-44)36-19-8-11-21-38(36)49-37-20-10-7-18-35(37)41-39(49)28-27-34-33-17-9-12-22-40(33)50-42(34)41;1-3-12-29(13-4-1)32-16-11-17-33(28-32)45-47-43(30-14-5-2-6-15-30)46-44(48-45)31-22-24-34(25-23-31)49-38-20-9-7-19-37(38)41-39(49)27-26-36-35-18-8-10-21-40(35)50-42(36)41/h2*1-28H. The molecule has 0 amide bonds. The van der Waals surface area contributed by atoms with Gasteiger partial charge >= 0.3 is 0 Å². The average molecular weight is 1310 g/mol. The lowest BCUT2D eigenvalue weighted by Crippen LogP contribution is -2.03. The van der Waals surface area contributed by atoms with Crippen LogP contribution in [0.3, 0.4) is 0 Å². The molecule has 8 nitrogen and oxygen atoms in total. The number of benzene rings is 14. The van der Waals surface area contributed by atoms with Crippen molar-refractivity contribution in [1.82, 2.24) is 39.0 Å². The van der Waals surface area contributed by atoms with Gasteiger partial charge in [-0.25, -0.2) is 29.9 Å². The minimum Gasteiger partial charge on any atom is -0.309 e. The number of fused-ring (bicyclic) bond motifs is 14. The Bertz CT molecular complexity index is 6500. The first-order valence-corrected chi connectivity index (χ1v) is 35.0. The van der Waals surface area contributed by atoms with E-state index in [1.807, 2.05) is 83.3 Å². The van der Waals surface area contributed by atoms with Crippen LogP contribution in [0.25, 0.3) is 186 Å². The summed E-state index contributed by atoms with van der Waals surface area (Å²) in [7, 11) is 0. The summed E-state index contributed by atoms with van der Waals surface area (Å²) in [5.41, 5.74) is 17.1. The normalized spacial score (nSPS) is 11.6. The van der Waals surface area contributed by atoms with Crippen molar-refractivity contribution in [1.29, 1.82) is 0 Å². The Labute approximate surface area is 583 Å². The van der Waals surface area contributed by atoms with E-state index in [2.05, 4.69) is 288 Å². The molecule has 14 aromatic carbocycles. The quantitative estimate of drug-likeness (QED) is 0.136. The number of thiophene rings is 2. The van der Waals surface area contributed by atoms with Gasteiger partial charge in [-0.05, 0) is 101 Å². The lowest BCUT2D eigenvalue weighted by Gasteiger charge is -2.14. The largest absolute Gasteiger partial charge is 0.309 e. The van der Waals surface area contributed by atoms with Crippen LogP contribution in [-0.4, -0.2) is 39.0 Å². The highest BCUT2D eigenvalue weighted by Gasteiger charge is 2.23. The van der Waals surface area contributed by atoms with E-state index < -0.39 is 0 Å². The summed E-state index contributed by atoms with van der Waals surface area (Å²) in [6.07, 6.45) is 0. The maximum atomic E-state index is 5.18. The molecule has 0 unspecified atom stereocenters. The first-order chi connectivity index (χ1) is 49.6. The molecule has 0 aliphatic carbocycles. The van der Waals surface area contributed by atoms with Gasteiger partial charge in [0.25, 0.3) is 0 Å². The fourth-order valence-corrected chi connectivity index (χ4v) is 16.7. The number of rotatable bonds is 10. The molecule has 0 spiro atoms. The second-order valence-corrected chi connectivity index (χ2v) is 27.0. The number of aromatic nitrogens is 8. The SMILES string of the molecule is c1ccc(-c2ccc(-c3nc(-c4ccccc4)nc(-c4ccccc4-n4c5ccccc5c5c6sc7ccccc7c6ccc54)n3)cc2)cc1.c1ccc(-c2cccc(-c3nc(-c4ccccc4)nc(-c4ccc(-n5c6ccccc6c6c7sc8ccccc8c7ccc65)cc4)n3)c2)cc1. The molecule has 10 heteroatoms. The topological polar surface area (TPSA) is 87.2 Å². The fourth-order valence-electron chi connectivity index (χ4n) is 14.2. The van der Waals surface area contributed by atoms with Crippen molar-refractivity contribution >= 4 is 107 Å². The monoisotopic (exact) mass is 1310 g/mol. The van der Waals surface area contributed by atoms with E-state index in [0.29, 0.717) is 34.9 Å². The molecule has 0 saturated carbocycles. The summed E-state index contributed by atoms with van der Waals surface area (Å²) < 4.78 is 10.0. The molecule has 100 heavy (non-hydrogen) atoms. The third kappa shape index (κ3) is 10.3. The first-order valence-electron chi connectivity index (χ1n) is 33.4. The van der Waals surface area contributed by atoms with E-state index in [9.17, 15) is 0 Å². The summed E-state index contributed by atoms with van der Waals surface area (Å²) in [6, 6.07) is 119. The zero-order valence-corrected chi connectivity index (χ0v) is 55.4. The van der Waals surface area contributed by atoms with E-state index in [4.69, 9.17) is 29.9 Å². The number of nitrogens with zero attached hydrogens (tertiary/aromatic N) is 8. The number of hydrogen-bond acceptors (Lipinski definition) is 8. The first kappa shape index (κ1) is 58.5. The van der Waals surface area contributed by atoms with Gasteiger partial charge in [0.2, 0.25) is 0 Å². The Kier molecular flexibility index (Phi) is 14.4. The molecule has 0 radical (unpaired) electrons. The van der Waals surface area contributed by atoms with Gasteiger partial charge < -0.3 is 9.13 Å². The van der Waals surface area contributed by atoms with Gasteiger partial charge in [-0.2, -0.15) is 0 Å². The second kappa shape index (κ2) is 24.7. The molecule has 20 aromatic rings. The van der Waals surface area contributed by atoms with Crippen LogP contribution in [0.2, 0.25) is 0 Å². The van der Waals surface area contributed by atoms with Gasteiger partial charge in [0.05, 0.1) is 27.8 Å². The molecule has 468 valence electrons. The van der Waals surface area contributed by atoms with Gasteiger partial charge in [0.15, 0.2) is 34.9 Å². The zero-order valence-electron chi connectivity index (χ0n) is 53.7. The molecular formula is C90H56N8S2. The Morgan fingerprint density at radius 3 is 1.09 bits per heavy atom. The van der Waals surface area contributed by atoms with Crippen LogP contribution in [0.4, 0.5) is 0 Å². The van der Waals surface area contributed by atoms with Crippen molar-refractivity contribution in [3.63, 3.8) is 0 Å². The molecule has 6 heterocycles. The van der Waals surface area contributed by atoms with Crippen molar-refractivity contribution in [3.05, 3.63) is 340 Å². The highest BCUT2D eigenvalue weighted by atomic mass is 32.1. The fraction of sp³-hybridized carbons (Fsp3) is 0. The minimum atomic E-state index is 0.630. The second-order valence-electron chi connectivity index (χ2n) is 24.9. The lowest BCUT2D eigenvalue weighted by atomic mass is 10.0. The molecule has 0 aliphatic rings. The number of hydrogen-bond donors (Lipinski definition) is 0. The van der Waals surface area contributed by atoms with Crippen LogP contribution in [0.15, 0.2) is 340 Å². The van der Waals surface area contributed by atoms with Crippen molar-refractivity contribution in [2.75, 3.05) is 0 Å². The Balaban J connectivity index is 0.000000139. The van der Waals surface area contributed by atoms with Gasteiger partial charge in [-0.15, -0.1) is 22.7 Å². The predicted molar refractivity (Wildman–Crippen MR) is 418 cm³/mol. The molecule has 0 saturated heterocycles. The van der Waals surface area contributed by atoms with Crippen molar-refractivity contribution < 1.29 is 0 Å². The van der Waals surface area contributed by atoms with E-state index >= 15 is 0 Å². The van der Waals surface area contributed by atoms with E-state index in [1.165, 1.54) is 78.5 Å². The van der Waals surface area contributed by atoms with Crippen LogP contribution in [0.1, 0.15) is 0 Å². The Morgan fingerprint density at radius 2 is 0.560 bits per heavy atom. The van der Waals surface area contributed by atoms with Crippen LogP contribution in [-0.2, 0) is 0 Å². The molecule has 0 atom stereocenters. The molecule has 6 aromatic heterocycles. The third-order valence-corrected chi connectivity index (χ3v) is 21.4. The summed E-state index contributed by atoms with van der Waals surface area (Å²) in [5, 5.41) is 10.3. The smallest absolute Gasteiger partial charge is 0.166 e. The summed E-state index contributed by atoms with van der Waals surface area (Å²) >= 11 is 3.74. The summed E-state index contributed by atoms with van der Waals surface area (Å²) in [4.78, 5) is 30.4. The highest BCUT2D eigenvalue weighted by Crippen LogP contribution is 2.46. The molecule has 0 bridgehead atoms. The Morgan fingerprint density at radius 1 is 0.210 bits per heavy atom. The molecule has 0 aliphatic heterocycles. The summed E-state index contributed by atoms with van der Waals surface area (Å²) in [5.74, 6) is 3.84. The molecular weight excluding hydrogens is 1260 g/mol. The van der Waals surface area contributed by atoms with E-state index in [1.54, 1.807) is 0 Å². The van der Waals surface area contributed by atoms with Crippen molar-refractivity contribution in [3.8, 4) is 102 Å². The highest BCUT2D eigenvalue weighted by molar-refractivity contribution is 7.27. The van der Waals surface area contributed by atoms with Gasteiger partial charge in [0, 0.05) is 101 Å². The minimum absolute atomic E-state index is 0.630. The lowest BCUT2D eigenvalue weighted by molar-refractivity contribution is 1.06. The zero-order chi connectivity index (χ0) is 66.0. The molecule has 0 N–H and O–H groups in total. The predicted octanol–water partition coefficient (Wildman–Crippen LogP) is 24.0. The van der Waals surface area contributed by atoms with Crippen molar-refractivity contribution in [2.45, 2.75) is 0 Å². The maximum Gasteiger partial charge on any atom is 0.166 e. The Hall–Kier alpha value is -12.9. The van der Waals surface area contributed by atoms with Crippen LogP contribution < -0.4 is 0 Å². The van der Waals surface area contributed by atoms with Crippen LogP contribution in [0.5, 0.6) is 0 Å². The van der Waals surface area contributed by atoms with Crippen LogP contribution in [0, 0.1) is 0 Å². The van der Waals surface area contributed by atoms with E-state index in [-0.39, 0.29) is 0 Å². The summed E-state index contributed by atoms with van der Waals surface area (Å²) in [6.45, 7) is 0. The van der Waals surface area contributed by atoms with Crippen LogP contribution >= 0.6 is 22.7 Å². The van der Waals surface area contributed by atoms with Gasteiger partial charge in [0.1, 0.15) is 0 Å². The number of para-hydroxylation sites is 3. The molecule has 20 rings (SSSR count). The van der Waals surface area contributed by atoms with Crippen molar-refractivity contribution in [2.24, 2.45) is 0 Å². The van der Waals surface area contributed by atoms with Gasteiger partial charge in [-0.3, -0.25) is 0 Å². The average Bonchev–Trinajstić information content (AvgIpc) is 1.57. The van der Waals surface area contributed by atoms with E-state index in [0.717, 1.165) is 72.5 Å².